The lowest BCUT2D eigenvalue weighted by atomic mass is 9.69. The molecule has 2 bridgehead atoms. The second-order valence-electron chi connectivity index (χ2n) is 4.05. The fourth-order valence-electron chi connectivity index (χ4n) is 2.39. The summed E-state index contributed by atoms with van der Waals surface area (Å²) in [6, 6.07) is 0. The van der Waals surface area contributed by atoms with Crippen molar-refractivity contribution in [3.8, 4) is 0 Å². The standard InChI is InChI=1S/C8H13NO2/c1-6(10)9-8-3-7(2,4-8)11-5-8/h3-5H2,1-2H3,(H,9,10). The van der Waals surface area contributed by atoms with E-state index in [0.717, 1.165) is 12.8 Å². The third kappa shape index (κ3) is 0.948. The van der Waals surface area contributed by atoms with Gasteiger partial charge in [-0.1, -0.05) is 0 Å². The first kappa shape index (κ1) is 7.10. The molecule has 3 heteroatoms. The summed E-state index contributed by atoms with van der Waals surface area (Å²) in [4.78, 5) is 10.8. The molecule has 0 unspecified atom stereocenters. The fraction of sp³-hybridized carbons (Fsp3) is 0.875. The van der Waals surface area contributed by atoms with Crippen LogP contribution in [0.2, 0.25) is 0 Å². The molecule has 1 aliphatic carbocycles. The van der Waals surface area contributed by atoms with Gasteiger partial charge in [0.1, 0.15) is 0 Å². The molecule has 0 aromatic rings. The highest BCUT2D eigenvalue weighted by molar-refractivity contribution is 5.74. The third-order valence-electron chi connectivity index (χ3n) is 2.56. The van der Waals surface area contributed by atoms with Gasteiger partial charge in [0.25, 0.3) is 0 Å². The van der Waals surface area contributed by atoms with Crippen LogP contribution in [0.4, 0.5) is 0 Å². The first-order valence-corrected chi connectivity index (χ1v) is 3.96. The molecule has 1 amide bonds. The molecule has 2 aliphatic heterocycles. The third-order valence-corrected chi connectivity index (χ3v) is 2.56. The molecule has 0 aromatic carbocycles. The average Bonchev–Trinajstić information content (AvgIpc) is 2.17. The van der Waals surface area contributed by atoms with E-state index < -0.39 is 0 Å². The van der Waals surface area contributed by atoms with Gasteiger partial charge in [-0.3, -0.25) is 4.79 Å². The molecule has 3 aliphatic rings. The Morgan fingerprint density at radius 2 is 2.18 bits per heavy atom. The van der Waals surface area contributed by atoms with Gasteiger partial charge < -0.3 is 10.1 Å². The molecule has 1 saturated carbocycles. The van der Waals surface area contributed by atoms with Crippen LogP contribution >= 0.6 is 0 Å². The lowest BCUT2D eigenvalue weighted by Crippen LogP contribution is -2.58. The molecule has 0 atom stereocenters. The number of fused-ring (bicyclic) bond motifs is 1. The summed E-state index contributed by atoms with van der Waals surface area (Å²) in [5.74, 6) is 0.0533. The molecule has 2 saturated heterocycles. The van der Waals surface area contributed by atoms with Gasteiger partial charge in [0.2, 0.25) is 5.91 Å². The van der Waals surface area contributed by atoms with E-state index in [1.54, 1.807) is 6.92 Å². The number of carbonyl (C=O) groups is 1. The van der Waals surface area contributed by atoms with Crippen LogP contribution in [0.25, 0.3) is 0 Å². The van der Waals surface area contributed by atoms with Crippen LogP contribution in [0.15, 0.2) is 0 Å². The molecule has 0 aromatic heterocycles. The van der Waals surface area contributed by atoms with Crippen molar-refractivity contribution >= 4 is 5.91 Å². The minimum Gasteiger partial charge on any atom is -0.373 e. The van der Waals surface area contributed by atoms with E-state index >= 15 is 0 Å². The minimum atomic E-state index is 0.000579. The van der Waals surface area contributed by atoms with E-state index in [1.165, 1.54) is 0 Å². The zero-order chi connectivity index (χ0) is 8.11. The van der Waals surface area contributed by atoms with E-state index in [-0.39, 0.29) is 17.0 Å². The molecule has 3 fully saturated rings. The Balaban J connectivity index is 2.02. The van der Waals surface area contributed by atoms with Gasteiger partial charge >= 0.3 is 0 Å². The number of hydrogen-bond acceptors (Lipinski definition) is 2. The number of hydrogen-bond donors (Lipinski definition) is 1. The second kappa shape index (κ2) is 1.78. The van der Waals surface area contributed by atoms with Crippen LogP contribution in [0.3, 0.4) is 0 Å². The molecule has 3 nitrogen and oxygen atoms in total. The van der Waals surface area contributed by atoms with E-state index in [2.05, 4.69) is 12.2 Å². The summed E-state index contributed by atoms with van der Waals surface area (Å²) in [5, 5.41) is 2.95. The highest BCUT2D eigenvalue weighted by Crippen LogP contribution is 2.50. The maximum absolute atomic E-state index is 10.8. The fourth-order valence-corrected chi connectivity index (χ4v) is 2.39. The zero-order valence-electron chi connectivity index (χ0n) is 6.94. The van der Waals surface area contributed by atoms with Crippen LogP contribution in [0.1, 0.15) is 26.7 Å². The first-order chi connectivity index (χ1) is 5.04. The first-order valence-electron chi connectivity index (χ1n) is 3.96. The van der Waals surface area contributed by atoms with Crippen LogP contribution in [-0.2, 0) is 9.53 Å². The summed E-state index contributed by atoms with van der Waals surface area (Å²) in [6.45, 7) is 4.35. The lowest BCUT2D eigenvalue weighted by molar-refractivity contribution is -0.121. The summed E-state index contributed by atoms with van der Waals surface area (Å²) >= 11 is 0. The summed E-state index contributed by atoms with van der Waals surface area (Å²) < 4.78 is 5.50. The van der Waals surface area contributed by atoms with Gasteiger partial charge in [-0.25, -0.2) is 0 Å². The summed E-state index contributed by atoms with van der Waals surface area (Å²) in [6.07, 6.45) is 1.97. The molecule has 0 spiro atoms. The van der Waals surface area contributed by atoms with E-state index in [1.807, 2.05) is 0 Å². The molecule has 3 rings (SSSR count). The molecular formula is C8H13NO2. The smallest absolute Gasteiger partial charge is 0.217 e. The van der Waals surface area contributed by atoms with E-state index in [0.29, 0.717) is 6.61 Å². The van der Waals surface area contributed by atoms with Gasteiger partial charge in [-0.2, -0.15) is 0 Å². The molecular weight excluding hydrogens is 142 g/mol. The monoisotopic (exact) mass is 155 g/mol. The predicted molar refractivity (Wildman–Crippen MR) is 40.1 cm³/mol. The molecule has 1 N–H and O–H groups in total. The number of carbonyl (C=O) groups excluding carboxylic acids is 1. The molecule has 11 heavy (non-hydrogen) atoms. The van der Waals surface area contributed by atoms with Crippen LogP contribution in [-0.4, -0.2) is 23.7 Å². The van der Waals surface area contributed by atoms with Crippen molar-refractivity contribution in [1.29, 1.82) is 0 Å². The van der Waals surface area contributed by atoms with Gasteiger partial charge in [-0.15, -0.1) is 0 Å². The highest BCUT2D eigenvalue weighted by atomic mass is 16.5. The van der Waals surface area contributed by atoms with Gasteiger partial charge in [0.05, 0.1) is 17.7 Å². The topological polar surface area (TPSA) is 38.3 Å². The van der Waals surface area contributed by atoms with Crippen molar-refractivity contribution in [1.82, 2.24) is 5.32 Å². The van der Waals surface area contributed by atoms with Crippen LogP contribution in [0, 0.1) is 0 Å². The number of nitrogens with one attached hydrogen (secondary N) is 1. The average molecular weight is 155 g/mol. The van der Waals surface area contributed by atoms with Crippen LogP contribution in [0.5, 0.6) is 0 Å². The SMILES string of the molecule is CC(=O)NC12COC(C)(C1)C2. The van der Waals surface area contributed by atoms with Crippen molar-refractivity contribution in [3.05, 3.63) is 0 Å². The lowest BCUT2D eigenvalue weighted by Gasteiger charge is -2.42. The zero-order valence-corrected chi connectivity index (χ0v) is 6.94. The van der Waals surface area contributed by atoms with Crippen molar-refractivity contribution in [2.75, 3.05) is 6.61 Å². The number of ether oxygens (including phenoxy) is 1. The second-order valence-corrected chi connectivity index (χ2v) is 4.05. The number of rotatable bonds is 1. The minimum absolute atomic E-state index is 0.000579. The number of amides is 1. The Morgan fingerprint density at radius 1 is 1.55 bits per heavy atom. The Morgan fingerprint density at radius 3 is 2.55 bits per heavy atom. The Hall–Kier alpha value is -0.570. The van der Waals surface area contributed by atoms with E-state index in [4.69, 9.17) is 4.74 Å². The van der Waals surface area contributed by atoms with Crippen molar-refractivity contribution < 1.29 is 9.53 Å². The van der Waals surface area contributed by atoms with Crippen molar-refractivity contribution in [2.45, 2.75) is 37.8 Å². The van der Waals surface area contributed by atoms with Gasteiger partial charge in [-0.05, 0) is 6.92 Å². The maximum atomic E-state index is 10.8. The Kier molecular flexibility index (Phi) is 1.15. The van der Waals surface area contributed by atoms with Gasteiger partial charge in [0, 0.05) is 19.8 Å². The Bertz CT molecular complexity index is 206. The predicted octanol–water partition coefficient (Wildman–Crippen LogP) is 0.444. The summed E-state index contributed by atoms with van der Waals surface area (Å²) in [7, 11) is 0. The quantitative estimate of drug-likeness (QED) is 0.597. The normalized spacial score (nSPS) is 46.7. The van der Waals surface area contributed by atoms with Crippen molar-refractivity contribution in [2.24, 2.45) is 0 Å². The van der Waals surface area contributed by atoms with Gasteiger partial charge in [0.15, 0.2) is 0 Å². The Labute approximate surface area is 66.1 Å². The highest BCUT2D eigenvalue weighted by Gasteiger charge is 2.60. The van der Waals surface area contributed by atoms with E-state index in [9.17, 15) is 4.79 Å². The largest absolute Gasteiger partial charge is 0.373 e. The molecule has 0 radical (unpaired) electrons. The van der Waals surface area contributed by atoms with Crippen LogP contribution < -0.4 is 5.32 Å². The van der Waals surface area contributed by atoms with Crippen molar-refractivity contribution in [3.63, 3.8) is 0 Å². The summed E-state index contributed by atoms with van der Waals surface area (Å²) in [5.41, 5.74) is 0.0725. The molecule has 62 valence electrons. The maximum Gasteiger partial charge on any atom is 0.217 e. The molecule has 2 heterocycles.